The minimum absolute atomic E-state index is 0.0809. The number of carbonyl (C=O) groups is 5. The van der Waals surface area contributed by atoms with Crippen LogP contribution in [0.15, 0.2) is 47.5 Å². The second-order valence-corrected chi connectivity index (χ2v) is 17.9. The van der Waals surface area contributed by atoms with Gasteiger partial charge in [-0.3, -0.25) is 34.4 Å². The summed E-state index contributed by atoms with van der Waals surface area (Å²) in [4.78, 5) is 70.5. The zero-order valence-electron chi connectivity index (χ0n) is 35.6. The molecule has 1 aliphatic carbocycles. The van der Waals surface area contributed by atoms with E-state index in [0.29, 0.717) is 43.5 Å². The summed E-state index contributed by atoms with van der Waals surface area (Å²) in [6, 6.07) is 13.0. The highest BCUT2D eigenvalue weighted by atomic mass is 32.2. The molecule has 1 saturated carbocycles. The summed E-state index contributed by atoms with van der Waals surface area (Å²) in [6.07, 6.45) is 8.92. The van der Waals surface area contributed by atoms with Gasteiger partial charge in [0.2, 0.25) is 11.8 Å². The van der Waals surface area contributed by atoms with E-state index in [1.165, 1.54) is 49.6 Å². The predicted molar refractivity (Wildman–Crippen MR) is 234 cm³/mol. The molecule has 1 unspecified atom stereocenters. The smallest absolute Gasteiger partial charge is 0.264 e. The van der Waals surface area contributed by atoms with Crippen LogP contribution in [-0.2, 0) is 19.1 Å². The molecule has 3 aliphatic heterocycles. The zero-order chi connectivity index (χ0) is 42.6. The highest BCUT2D eigenvalue weighted by Gasteiger charge is 2.45. The van der Waals surface area contributed by atoms with E-state index < -0.39 is 40.9 Å². The summed E-state index contributed by atoms with van der Waals surface area (Å²) in [6.45, 7) is 13.4. The molecule has 14 nitrogen and oxygen atoms in total. The van der Waals surface area contributed by atoms with E-state index in [2.05, 4.69) is 63.8 Å². The predicted octanol–water partition coefficient (Wildman–Crippen LogP) is 5.51. The van der Waals surface area contributed by atoms with Gasteiger partial charge in [0.05, 0.1) is 29.1 Å². The van der Waals surface area contributed by atoms with Gasteiger partial charge in [0.15, 0.2) is 5.17 Å². The summed E-state index contributed by atoms with van der Waals surface area (Å²) in [5.74, 6) is -0.746. The number of imide groups is 2. The maximum atomic E-state index is 13.3. The van der Waals surface area contributed by atoms with Gasteiger partial charge in [-0.15, -0.1) is 0 Å². The van der Waals surface area contributed by atoms with Crippen LogP contribution in [0.5, 0.6) is 5.75 Å². The number of thioether (sulfide) groups is 1. The van der Waals surface area contributed by atoms with Crippen molar-refractivity contribution in [3.8, 4) is 5.75 Å². The molecule has 3 N–H and O–H groups in total. The van der Waals surface area contributed by atoms with Gasteiger partial charge in [0.25, 0.3) is 11.8 Å². The van der Waals surface area contributed by atoms with Crippen molar-refractivity contribution in [1.29, 1.82) is 0 Å². The fourth-order valence-corrected chi connectivity index (χ4v) is 8.28. The van der Waals surface area contributed by atoms with Crippen molar-refractivity contribution >= 4 is 58.2 Å². The molecule has 4 aliphatic rings. The Bertz CT molecular complexity index is 1800. The summed E-state index contributed by atoms with van der Waals surface area (Å²) in [5, 5.41) is 9.83. The number of amidine groups is 1. The van der Waals surface area contributed by atoms with E-state index in [4.69, 9.17) is 9.47 Å². The van der Waals surface area contributed by atoms with Gasteiger partial charge < -0.3 is 34.7 Å². The number of amides is 4. The standard InChI is InChI=1S/C34H45N5O6.C10H18N2OS/c1-33(2,44-22-16-34(3,4)45-24-11-9-23(10-12-24)38-20-18-37(5)19-21-38)15-17-35-26-8-6-7-25-29(26)32(43)39(31(25)42)27-13-14-28(40)36-30(27)41;1-11-10(14-8-7-13)12-9-5-3-2-4-6-9/h6-12,27,35H,13-22H2,1-5H3,(H,36,40,41);7,9H,2-6,8H2,1H3,(H,11,12). The van der Waals surface area contributed by atoms with Crippen LogP contribution >= 0.6 is 11.8 Å². The van der Waals surface area contributed by atoms with Gasteiger partial charge in [0.1, 0.15) is 23.7 Å². The van der Waals surface area contributed by atoms with E-state index in [1.54, 1.807) is 25.2 Å². The Labute approximate surface area is 353 Å². The molecule has 15 heteroatoms. The van der Waals surface area contributed by atoms with Crippen molar-refractivity contribution in [2.75, 3.05) is 69.4 Å². The lowest BCUT2D eigenvalue weighted by molar-refractivity contribution is -0.136. The molecule has 2 aromatic carbocycles. The number of likely N-dealkylation sites (N-methyl/N-ethyl adjacent to an activating group) is 1. The molecule has 0 aromatic heterocycles. The highest BCUT2D eigenvalue weighted by molar-refractivity contribution is 8.14. The van der Waals surface area contributed by atoms with Gasteiger partial charge in [-0.1, -0.05) is 37.1 Å². The van der Waals surface area contributed by atoms with Crippen molar-refractivity contribution < 1.29 is 33.4 Å². The SMILES string of the molecule is CN1CCN(c2ccc(OC(C)(C)CCOC(C)(C)CCNc3cccc4c3C(=O)N(C3CCC(=O)NC3=O)C4=O)cc2)CC1.CN=C(NC1CCCCC1)SCC=O. The van der Waals surface area contributed by atoms with Crippen LogP contribution in [0.25, 0.3) is 0 Å². The second kappa shape index (κ2) is 21.2. The molecule has 0 bridgehead atoms. The molecule has 0 radical (unpaired) electrons. The van der Waals surface area contributed by atoms with Gasteiger partial charge in [-0.2, -0.15) is 0 Å². The third-order valence-electron chi connectivity index (χ3n) is 11.2. The van der Waals surface area contributed by atoms with E-state index >= 15 is 0 Å². The lowest BCUT2D eigenvalue weighted by atomic mass is 9.96. The number of hydrogen-bond acceptors (Lipinski definition) is 12. The maximum Gasteiger partial charge on any atom is 0.264 e. The van der Waals surface area contributed by atoms with Crippen molar-refractivity contribution in [3.05, 3.63) is 53.6 Å². The number of nitrogens with one attached hydrogen (secondary N) is 3. The number of rotatable bonds is 15. The average Bonchev–Trinajstić information content (AvgIpc) is 3.46. The van der Waals surface area contributed by atoms with Crippen LogP contribution in [0, 0.1) is 0 Å². The van der Waals surface area contributed by atoms with E-state index in [9.17, 15) is 24.0 Å². The Hall–Kier alpha value is -4.47. The molecule has 59 heavy (non-hydrogen) atoms. The topological polar surface area (TPSA) is 162 Å². The van der Waals surface area contributed by atoms with E-state index in [0.717, 1.165) is 48.3 Å². The van der Waals surface area contributed by atoms with E-state index in [-0.39, 0.29) is 24.0 Å². The molecule has 4 amide bonds. The number of benzene rings is 2. The average molecular weight is 834 g/mol. The van der Waals surface area contributed by atoms with Crippen LogP contribution in [0.1, 0.15) is 106 Å². The Morgan fingerprint density at radius 3 is 2.29 bits per heavy atom. The number of ether oxygens (including phenoxy) is 2. The van der Waals surface area contributed by atoms with Gasteiger partial charge in [-0.25, -0.2) is 0 Å². The molecule has 1 atom stereocenters. The third kappa shape index (κ3) is 13.0. The molecule has 3 fully saturated rings. The molecule has 322 valence electrons. The first kappa shape index (κ1) is 45.6. The Morgan fingerprint density at radius 2 is 1.63 bits per heavy atom. The fraction of sp³-hybridized carbons (Fsp3) is 0.591. The quantitative estimate of drug-likeness (QED) is 0.0895. The Balaban J connectivity index is 0.000000400. The molecule has 3 heterocycles. The summed E-state index contributed by atoms with van der Waals surface area (Å²) in [5.41, 5.74) is 1.38. The lowest BCUT2D eigenvalue weighted by Gasteiger charge is -2.34. The first-order valence-electron chi connectivity index (χ1n) is 20.9. The molecule has 2 saturated heterocycles. The van der Waals surface area contributed by atoms with Crippen molar-refractivity contribution in [2.45, 2.75) is 109 Å². The lowest BCUT2D eigenvalue weighted by Crippen LogP contribution is -2.54. The van der Waals surface area contributed by atoms with Gasteiger partial charge >= 0.3 is 0 Å². The van der Waals surface area contributed by atoms with Crippen LogP contribution in [0.4, 0.5) is 11.4 Å². The minimum Gasteiger partial charge on any atom is -0.488 e. The molecular formula is C44H63N7O7S. The van der Waals surface area contributed by atoms with Gasteiger partial charge in [-0.05, 0) is 96.8 Å². The number of fused-ring (bicyclic) bond motifs is 1. The largest absolute Gasteiger partial charge is 0.488 e. The molecule has 2 aromatic rings. The summed E-state index contributed by atoms with van der Waals surface area (Å²) in [7, 11) is 3.92. The van der Waals surface area contributed by atoms with Gasteiger partial charge in [0, 0.05) is 70.0 Å². The first-order valence-corrected chi connectivity index (χ1v) is 21.9. The van der Waals surface area contributed by atoms with Crippen LogP contribution < -0.4 is 25.6 Å². The van der Waals surface area contributed by atoms with Crippen LogP contribution in [-0.4, -0.2) is 127 Å². The second-order valence-electron chi connectivity index (χ2n) is 16.8. The monoisotopic (exact) mass is 833 g/mol. The third-order valence-corrected chi connectivity index (χ3v) is 12.1. The van der Waals surface area contributed by atoms with Crippen LogP contribution in [0.3, 0.4) is 0 Å². The fourth-order valence-electron chi connectivity index (χ4n) is 7.67. The Morgan fingerprint density at radius 1 is 0.915 bits per heavy atom. The first-order chi connectivity index (χ1) is 28.2. The molecule has 0 spiro atoms. The molecular weight excluding hydrogens is 771 g/mol. The number of hydrogen-bond donors (Lipinski definition) is 3. The van der Waals surface area contributed by atoms with Crippen LogP contribution in [0.2, 0.25) is 0 Å². The molecule has 6 rings (SSSR count). The normalized spacial score (nSPS) is 19.5. The number of nitrogens with zero attached hydrogens (tertiary/aromatic N) is 4. The zero-order valence-corrected chi connectivity index (χ0v) is 36.5. The number of piperazine rings is 1. The van der Waals surface area contributed by atoms with Crippen molar-refractivity contribution in [2.24, 2.45) is 4.99 Å². The maximum absolute atomic E-state index is 13.3. The van der Waals surface area contributed by atoms with E-state index in [1.807, 2.05) is 26.0 Å². The minimum atomic E-state index is -0.995. The highest BCUT2D eigenvalue weighted by Crippen LogP contribution is 2.33. The Kier molecular flexibility index (Phi) is 16.4. The van der Waals surface area contributed by atoms with Crippen molar-refractivity contribution in [3.63, 3.8) is 0 Å². The number of aliphatic imine (C=N–C) groups is 1. The summed E-state index contributed by atoms with van der Waals surface area (Å²) < 4.78 is 12.6. The summed E-state index contributed by atoms with van der Waals surface area (Å²) >= 11 is 1.49. The number of piperidine rings is 1. The van der Waals surface area contributed by atoms with Crippen molar-refractivity contribution in [1.82, 2.24) is 20.4 Å². The number of carbonyl (C=O) groups excluding carboxylic acids is 5. The number of aldehydes is 1. The number of anilines is 2.